The van der Waals surface area contributed by atoms with Crippen molar-refractivity contribution in [2.24, 2.45) is 0 Å². The Morgan fingerprint density at radius 2 is 1.88 bits per heavy atom. The molecule has 0 heterocycles. The van der Waals surface area contributed by atoms with Crippen LogP contribution >= 0.6 is 0 Å². The number of nitrogens with two attached hydrogens (primary N) is 1. The smallest absolute Gasteiger partial charge is 0.123 e. The zero-order valence-electron chi connectivity index (χ0n) is 8.65. The third-order valence-corrected chi connectivity index (χ3v) is 2.36. The molecule has 2 nitrogen and oxygen atoms in total. The molecule has 2 aromatic carbocycles. The van der Waals surface area contributed by atoms with Crippen LogP contribution in [0.5, 0.6) is 0 Å². The first kappa shape index (κ1) is 10.6. The summed E-state index contributed by atoms with van der Waals surface area (Å²) in [6.45, 7) is -0.0760. The fourth-order valence-electron chi connectivity index (χ4n) is 1.64. The third-order valence-electron chi connectivity index (χ3n) is 2.36. The highest BCUT2D eigenvalue weighted by atomic mass is 19.1. The SMILES string of the molecule is Nc1cc(CO)cc(-c2cccc(F)c2)c1. The van der Waals surface area contributed by atoms with E-state index in [1.54, 1.807) is 30.3 Å². The van der Waals surface area contributed by atoms with Crippen molar-refractivity contribution in [3.05, 3.63) is 53.8 Å². The van der Waals surface area contributed by atoms with E-state index in [4.69, 9.17) is 10.8 Å². The van der Waals surface area contributed by atoms with Crippen molar-refractivity contribution in [1.82, 2.24) is 0 Å². The molecular formula is C13H12FNO. The van der Waals surface area contributed by atoms with Crippen molar-refractivity contribution in [3.8, 4) is 11.1 Å². The van der Waals surface area contributed by atoms with Gasteiger partial charge in [-0.25, -0.2) is 4.39 Å². The van der Waals surface area contributed by atoms with Crippen molar-refractivity contribution >= 4 is 5.69 Å². The summed E-state index contributed by atoms with van der Waals surface area (Å²) in [7, 11) is 0. The van der Waals surface area contributed by atoms with Crippen molar-refractivity contribution < 1.29 is 9.50 Å². The maximum Gasteiger partial charge on any atom is 0.123 e. The summed E-state index contributed by atoms with van der Waals surface area (Å²) in [5, 5.41) is 9.06. The van der Waals surface area contributed by atoms with Gasteiger partial charge in [0.1, 0.15) is 5.82 Å². The average molecular weight is 217 g/mol. The molecule has 0 aliphatic heterocycles. The minimum absolute atomic E-state index is 0.0760. The van der Waals surface area contributed by atoms with E-state index in [1.165, 1.54) is 12.1 Å². The lowest BCUT2D eigenvalue weighted by molar-refractivity contribution is 0.282. The number of aliphatic hydroxyl groups excluding tert-OH is 1. The number of benzene rings is 2. The highest BCUT2D eigenvalue weighted by Crippen LogP contribution is 2.24. The maximum absolute atomic E-state index is 13.1. The molecule has 16 heavy (non-hydrogen) atoms. The standard InChI is InChI=1S/C13H12FNO/c14-12-3-1-2-10(6-12)11-4-9(8-16)5-13(15)7-11/h1-7,16H,8,15H2. The second-order valence-corrected chi connectivity index (χ2v) is 3.63. The van der Waals surface area contributed by atoms with Crippen LogP contribution in [-0.4, -0.2) is 5.11 Å². The molecule has 0 saturated carbocycles. The average Bonchev–Trinajstić information content (AvgIpc) is 2.28. The minimum Gasteiger partial charge on any atom is -0.399 e. The van der Waals surface area contributed by atoms with Crippen molar-refractivity contribution in [2.75, 3.05) is 5.73 Å². The Hall–Kier alpha value is -1.87. The van der Waals surface area contributed by atoms with Gasteiger partial charge >= 0.3 is 0 Å². The lowest BCUT2D eigenvalue weighted by atomic mass is 10.0. The van der Waals surface area contributed by atoms with Crippen LogP contribution in [0.4, 0.5) is 10.1 Å². The second kappa shape index (κ2) is 4.33. The van der Waals surface area contributed by atoms with Crippen LogP contribution in [0, 0.1) is 5.82 Å². The molecule has 0 unspecified atom stereocenters. The van der Waals surface area contributed by atoms with E-state index in [0.717, 1.165) is 16.7 Å². The van der Waals surface area contributed by atoms with Crippen LogP contribution in [0.2, 0.25) is 0 Å². The third kappa shape index (κ3) is 2.20. The zero-order chi connectivity index (χ0) is 11.5. The first-order valence-corrected chi connectivity index (χ1v) is 4.95. The molecule has 0 radical (unpaired) electrons. The fourth-order valence-corrected chi connectivity index (χ4v) is 1.64. The predicted molar refractivity (Wildman–Crippen MR) is 62.2 cm³/mol. The largest absolute Gasteiger partial charge is 0.399 e. The summed E-state index contributed by atoms with van der Waals surface area (Å²) in [5.74, 6) is -0.287. The number of halogens is 1. The lowest BCUT2D eigenvalue weighted by Crippen LogP contribution is -1.91. The molecule has 0 bridgehead atoms. The molecule has 3 N–H and O–H groups in total. The molecule has 0 aliphatic rings. The molecule has 3 heteroatoms. The number of hydrogen-bond donors (Lipinski definition) is 2. The van der Waals surface area contributed by atoms with Gasteiger partial charge in [-0.3, -0.25) is 0 Å². The summed E-state index contributed by atoms with van der Waals surface area (Å²) in [4.78, 5) is 0. The number of aliphatic hydroxyl groups is 1. The van der Waals surface area contributed by atoms with Crippen LogP contribution in [0.25, 0.3) is 11.1 Å². The van der Waals surface area contributed by atoms with Crippen molar-refractivity contribution in [1.29, 1.82) is 0 Å². The Labute approximate surface area is 93.2 Å². The molecule has 0 saturated heterocycles. The van der Waals surface area contributed by atoms with Gasteiger partial charge in [0.2, 0.25) is 0 Å². The Morgan fingerprint density at radius 3 is 2.56 bits per heavy atom. The summed E-state index contributed by atoms with van der Waals surface area (Å²) >= 11 is 0. The van der Waals surface area contributed by atoms with E-state index in [2.05, 4.69) is 0 Å². The molecule has 0 aromatic heterocycles. The van der Waals surface area contributed by atoms with Gasteiger partial charge in [-0.2, -0.15) is 0 Å². The molecule has 2 aromatic rings. The molecule has 0 aliphatic carbocycles. The van der Waals surface area contributed by atoms with Gasteiger partial charge in [0.15, 0.2) is 0 Å². The highest BCUT2D eigenvalue weighted by molar-refractivity contribution is 5.68. The van der Waals surface area contributed by atoms with Crippen LogP contribution in [-0.2, 0) is 6.61 Å². The van der Waals surface area contributed by atoms with Gasteiger partial charge in [0.25, 0.3) is 0 Å². The van der Waals surface area contributed by atoms with Crippen LogP contribution in [0.15, 0.2) is 42.5 Å². The number of nitrogen functional groups attached to an aromatic ring is 1. The van der Waals surface area contributed by atoms with E-state index in [9.17, 15) is 4.39 Å². The Balaban J connectivity index is 2.51. The van der Waals surface area contributed by atoms with E-state index in [1.807, 2.05) is 0 Å². The Kier molecular flexibility index (Phi) is 2.88. The van der Waals surface area contributed by atoms with E-state index >= 15 is 0 Å². The highest BCUT2D eigenvalue weighted by Gasteiger charge is 2.02. The van der Waals surface area contributed by atoms with E-state index in [0.29, 0.717) is 5.69 Å². The molecular weight excluding hydrogens is 205 g/mol. The molecule has 0 amide bonds. The van der Waals surface area contributed by atoms with Gasteiger partial charge < -0.3 is 10.8 Å². The van der Waals surface area contributed by atoms with Gasteiger partial charge in [0.05, 0.1) is 6.61 Å². The summed E-state index contributed by atoms with van der Waals surface area (Å²) in [5.41, 5.74) is 8.55. The molecule has 0 spiro atoms. The molecule has 0 atom stereocenters. The summed E-state index contributed by atoms with van der Waals surface area (Å²) in [6, 6.07) is 11.5. The predicted octanol–water partition coefficient (Wildman–Crippen LogP) is 2.57. The fraction of sp³-hybridized carbons (Fsp3) is 0.0769. The topological polar surface area (TPSA) is 46.2 Å². The van der Waals surface area contributed by atoms with Gasteiger partial charge in [-0.15, -0.1) is 0 Å². The minimum atomic E-state index is -0.287. The van der Waals surface area contributed by atoms with Gasteiger partial charge in [-0.05, 0) is 47.0 Å². The zero-order valence-corrected chi connectivity index (χ0v) is 8.65. The van der Waals surface area contributed by atoms with Gasteiger partial charge in [0, 0.05) is 5.69 Å². The quantitative estimate of drug-likeness (QED) is 0.759. The van der Waals surface area contributed by atoms with Crippen LogP contribution in [0.1, 0.15) is 5.56 Å². The number of anilines is 1. The van der Waals surface area contributed by atoms with Crippen molar-refractivity contribution in [2.45, 2.75) is 6.61 Å². The lowest BCUT2D eigenvalue weighted by Gasteiger charge is -2.06. The first-order chi connectivity index (χ1) is 7.69. The van der Waals surface area contributed by atoms with Gasteiger partial charge in [-0.1, -0.05) is 12.1 Å². The van der Waals surface area contributed by atoms with E-state index in [-0.39, 0.29) is 12.4 Å². The van der Waals surface area contributed by atoms with Crippen LogP contribution in [0.3, 0.4) is 0 Å². The normalized spacial score (nSPS) is 10.4. The summed E-state index contributed by atoms with van der Waals surface area (Å²) < 4.78 is 13.1. The van der Waals surface area contributed by atoms with E-state index < -0.39 is 0 Å². The maximum atomic E-state index is 13.1. The molecule has 2 rings (SSSR count). The Morgan fingerprint density at radius 1 is 1.06 bits per heavy atom. The second-order valence-electron chi connectivity index (χ2n) is 3.63. The molecule has 82 valence electrons. The summed E-state index contributed by atoms with van der Waals surface area (Å²) in [6.07, 6.45) is 0. The van der Waals surface area contributed by atoms with Crippen LogP contribution < -0.4 is 5.73 Å². The molecule has 0 fully saturated rings. The number of hydrogen-bond acceptors (Lipinski definition) is 2. The first-order valence-electron chi connectivity index (χ1n) is 4.95. The monoisotopic (exact) mass is 217 g/mol. The van der Waals surface area contributed by atoms with Crippen molar-refractivity contribution in [3.63, 3.8) is 0 Å². The Bertz CT molecular complexity index is 511. The number of rotatable bonds is 2.